The van der Waals surface area contributed by atoms with Crippen molar-refractivity contribution in [3.63, 3.8) is 0 Å². The van der Waals surface area contributed by atoms with E-state index in [0.717, 1.165) is 16.5 Å². The average Bonchev–Trinajstić information content (AvgIpc) is 2.79. The van der Waals surface area contributed by atoms with Gasteiger partial charge in [0.05, 0.1) is 0 Å². The number of amides is 4. The minimum Gasteiger partial charge on any atom is -0.324 e. The molecule has 1 aliphatic rings. The molecule has 0 radical (unpaired) electrons. The monoisotopic (exact) mass is 355 g/mol. The van der Waals surface area contributed by atoms with Crippen LogP contribution in [0.2, 0.25) is 0 Å². The Morgan fingerprint density at radius 2 is 1.88 bits per heavy atom. The Balaban J connectivity index is 1.74. The van der Waals surface area contributed by atoms with Gasteiger partial charge in [-0.05, 0) is 37.6 Å². The van der Waals surface area contributed by atoms with E-state index in [1.807, 2.05) is 19.1 Å². The number of rotatable bonds is 4. The lowest BCUT2D eigenvalue weighted by molar-refractivity contribution is -0.133. The number of hydrogen-bond acceptors (Lipinski definition) is 3. The molecule has 134 valence electrons. The average molecular weight is 355 g/mol. The highest BCUT2D eigenvalue weighted by Crippen LogP contribution is 2.28. The predicted molar refractivity (Wildman–Crippen MR) is 93.8 cm³/mol. The zero-order valence-corrected chi connectivity index (χ0v) is 14.4. The first kappa shape index (κ1) is 17.6. The molecule has 26 heavy (non-hydrogen) atoms. The van der Waals surface area contributed by atoms with E-state index in [0.29, 0.717) is 5.56 Å². The second-order valence-electron chi connectivity index (χ2n) is 6.37. The molecule has 1 aliphatic heterocycles. The minimum absolute atomic E-state index is 0.253. The summed E-state index contributed by atoms with van der Waals surface area (Å²) in [5, 5.41) is 5.11. The van der Waals surface area contributed by atoms with Gasteiger partial charge in [0.15, 0.2) is 0 Å². The van der Waals surface area contributed by atoms with Crippen LogP contribution in [0.5, 0.6) is 0 Å². The van der Waals surface area contributed by atoms with Gasteiger partial charge in [-0.2, -0.15) is 0 Å². The van der Waals surface area contributed by atoms with Gasteiger partial charge in [-0.25, -0.2) is 9.18 Å². The Bertz CT molecular complexity index is 882. The summed E-state index contributed by atoms with van der Waals surface area (Å²) >= 11 is 0. The van der Waals surface area contributed by atoms with Crippen molar-refractivity contribution in [1.29, 1.82) is 0 Å². The van der Waals surface area contributed by atoms with Gasteiger partial charge in [0, 0.05) is 5.69 Å². The number of halogens is 1. The lowest BCUT2D eigenvalue weighted by Crippen LogP contribution is -2.42. The molecule has 0 aromatic heterocycles. The molecule has 4 amide bonds. The number of nitrogens with zero attached hydrogens (tertiary/aromatic N) is 1. The van der Waals surface area contributed by atoms with Crippen molar-refractivity contribution in [1.82, 2.24) is 10.2 Å². The lowest BCUT2D eigenvalue weighted by atomic mass is 9.91. The summed E-state index contributed by atoms with van der Waals surface area (Å²) in [5.74, 6) is -1.60. The highest BCUT2D eigenvalue weighted by molar-refractivity contribution is 6.10. The molecule has 1 saturated heterocycles. The Morgan fingerprint density at radius 1 is 1.19 bits per heavy atom. The Kier molecular flexibility index (Phi) is 4.46. The van der Waals surface area contributed by atoms with Crippen molar-refractivity contribution in [2.45, 2.75) is 19.4 Å². The highest BCUT2D eigenvalue weighted by Gasteiger charge is 2.49. The number of hydrogen-bond donors (Lipinski definition) is 2. The second kappa shape index (κ2) is 6.59. The van der Waals surface area contributed by atoms with Gasteiger partial charge in [0.1, 0.15) is 17.9 Å². The van der Waals surface area contributed by atoms with E-state index < -0.39 is 35.7 Å². The van der Waals surface area contributed by atoms with Crippen LogP contribution in [0.1, 0.15) is 18.1 Å². The quantitative estimate of drug-likeness (QED) is 0.828. The predicted octanol–water partition coefficient (Wildman–Crippen LogP) is 2.54. The van der Waals surface area contributed by atoms with Crippen molar-refractivity contribution >= 4 is 23.5 Å². The van der Waals surface area contributed by atoms with E-state index in [-0.39, 0.29) is 5.69 Å². The van der Waals surface area contributed by atoms with Crippen molar-refractivity contribution < 1.29 is 18.8 Å². The lowest BCUT2D eigenvalue weighted by Gasteiger charge is -2.22. The molecule has 0 spiro atoms. The van der Waals surface area contributed by atoms with Crippen LogP contribution in [0.15, 0.2) is 48.5 Å². The maximum absolute atomic E-state index is 13.2. The van der Waals surface area contributed by atoms with Gasteiger partial charge < -0.3 is 10.6 Å². The first-order valence-electron chi connectivity index (χ1n) is 8.06. The number of benzene rings is 2. The van der Waals surface area contributed by atoms with Gasteiger partial charge in [-0.1, -0.05) is 35.9 Å². The maximum atomic E-state index is 13.2. The third-order valence-corrected chi connectivity index (χ3v) is 4.31. The first-order chi connectivity index (χ1) is 12.3. The summed E-state index contributed by atoms with van der Waals surface area (Å²) in [5.41, 5.74) is 0.683. The smallest absolute Gasteiger partial charge is 0.324 e. The number of aryl methyl sites for hydroxylation is 1. The molecule has 2 aromatic rings. The Morgan fingerprint density at radius 3 is 2.54 bits per heavy atom. The summed E-state index contributed by atoms with van der Waals surface area (Å²) in [7, 11) is 0. The molecule has 3 rings (SSSR count). The summed E-state index contributed by atoms with van der Waals surface area (Å²) in [6.45, 7) is 3.06. The summed E-state index contributed by atoms with van der Waals surface area (Å²) in [4.78, 5) is 38.0. The molecule has 1 heterocycles. The van der Waals surface area contributed by atoms with E-state index >= 15 is 0 Å². The number of imide groups is 1. The molecule has 1 atom stereocenters. The van der Waals surface area contributed by atoms with E-state index in [9.17, 15) is 18.8 Å². The van der Waals surface area contributed by atoms with E-state index in [4.69, 9.17) is 0 Å². The van der Waals surface area contributed by atoms with Crippen LogP contribution in [0.25, 0.3) is 0 Å². The molecule has 6 nitrogen and oxygen atoms in total. The van der Waals surface area contributed by atoms with Crippen LogP contribution < -0.4 is 10.6 Å². The molecular formula is C19H18FN3O3. The highest BCUT2D eigenvalue weighted by atomic mass is 19.1. The molecular weight excluding hydrogens is 337 g/mol. The number of carbonyl (C=O) groups excluding carboxylic acids is 3. The number of carbonyl (C=O) groups is 3. The van der Waals surface area contributed by atoms with Gasteiger partial charge in [-0.15, -0.1) is 0 Å². The Hall–Kier alpha value is -3.22. The van der Waals surface area contributed by atoms with Gasteiger partial charge in [-0.3, -0.25) is 14.5 Å². The SMILES string of the molecule is Cc1ccc([C@@]2(C)NC(=O)N(CC(=O)Nc3cccc(F)c3)C2=O)cc1. The van der Waals surface area contributed by atoms with E-state index in [1.165, 1.54) is 18.2 Å². The molecule has 0 saturated carbocycles. The maximum Gasteiger partial charge on any atom is 0.325 e. The number of anilines is 1. The molecule has 0 bridgehead atoms. The summed E-state index contributed by atoms with van der Waals surface area (Å²) in [6.07, 6.45) is 0. The normalized spacial score (nSPS) is 19.4. The number of nitrogens with one attached hydrogen (secondary N) is 2. The molecule has 0 aliphatic carbocycles. The fourth-order valence-corrected chi connectivity index (χ4v) is 2.83. The first-order valence-corrected chi connectivity index (χ1v) is 8.06. The minimum atomic E-state index is -1.23. The van der Waals surface area contributed by atoms with Crippen LogP contribution in [0.4, 0.5) is 14.9 Å². The summed E-state index contributed by atoms with van der Waals surface area (Å²) in [6, 6.07) is 12.0. The third kappa shape index (κ3) is 3.28. The van der Waals surface area contributed by atoms with Crippen LogP contribution in [0, 0.1) is 12.7 Å². The molecule has 2 N–H and O–H groups in total. The molecule has 7 heteroatoms. The third-order valence-electron chi connectivity index (χ3n) is 4.31. The molecule has 2 aromatic carbocycles. The van der Waals surface area contributed by atoms with Gasteiger partial charge in [0.2, 0.25) is 5.91 Å². The fourth-order valence-electron chi connectivity index (χ4n) is 2.83. The fraction of sp³-hybridized carbons (Fsp3) is 0.211. The van der Waals surface area contributed by atoms with Gasteiger partial charge in [0.25, 0.3) is 5.91 Å². The van der Waals surface area contributed by atoms with Crippen molar-refractivity contribution in [2.75, 3.05) is 11.9 Å². The zero-order valence-electron chi connectivity index (χ0n) is 14.4. The second-order valence-corrected chi connectivity index (χ2v) is 6.37. The van der Waals surface area contributed by atoms with Crippen molar-refractivity contribution in [3.05, 3.63) is 65.5 Å². The van der Waals surface area contributed by atoms with Crippen LogP contribution in [0.3, 0.4) is 0 Å². The van der Waals surface area contributed by atoms with E-state index in [1.54, 1.807) is 19.1 Å². The summed E-state index contributed by atoms with van der Waals surface area (Å²) < 4.78 is 13.2. The molecule has 0 unspecified atom stereocenters. The Labute approximate surface area is 150 Å². The van der Waals surface area contributed by atoms with Crippen LogP contribution in [-0.4, -0.2) is 29.3 Å². The van der Waals surface area contributed by atoms with Gasteiger partial charge >= 0.3 is 6.03 Å². The topological polar surface area (TPSA) is 78.5 Å². The van der Waals surface area contributed by atoms with Crippen molar-refractivity contribution in [3.8, 4) is 0 Å². The standard InChI is InChI=1S/C19H18FN3O3/c1-12-6-8-13(9-7-12)19(2)17(25)23(18(26)22-19)11-16(24)21-15-5-3-4-14(20)10-15/h3-10H,11H2,1-2H3,(H,21,24)(H,22,26)/t19-/m1/s1. The number of urea groups is 1. The molecule has 1 fully saturated rings. The van der Waals surface area contributed by atoms with Crippen LogP contribution in [-0.2, 0) is 15.1 Å². The largest absolute Gasteiger partial charge is 0.325 e. The zero-order chi connectivity index (χ0) is 18.9. The van der Waals surface area contributed by atoms with Crippen LogP contribution >= 0.6 is 0 Å². The van der Waals surface area contributed by atoms with E-state index in [2.05, 4.69) is 10.6 Å². The van der Waals surface area contributed by atoms with Crippen molar-refractivity contribution in [2.24, 2.45) is 0 Å².